The normalized spacial score (nSPS) is 60.0. The first-order valence-corrected chi connectivity index (χ1v) is 9.90. The molecule has 148 valence electrons. The first-order chi connectivity index (χ1) is 13.4. The molecule has 0 amide bonds. The minimum Gasteiger partial charge on any atom is -0.498 e. The lowest BCUT2D eigenvalue weighted by molar-refractivity contribution is -0.210. The first-order valence-electron chi connectivity index (χ1n) is 9.90. The van der Waals surface area contributed by atoms with Crippen LogP contribution in [0.1, 0.15) is 13.8 Å². The highest BCUT2D eigenvalue weighted by molar-refractivity contribution is 6.06. The average molecular weight is 388 g/mol. The van der Waals surface area contributed by atoms with E-state index in [4.69, 9.17) is 18.9 Å². The summed E-state index contributed by atoms with van der Waals surface area (Å²) in [6.45, 7) is 3.77. The van der Waals surface area contributed by atoms with Crippen molar-refractivity contribution in [2.45, 2.75) is 68.8 Å². The molecule has 1 spiro atoms. The Labute approximate surface area is 160 Å². The fraction of sp³-hybridized carbons (Fsp3) is 0.700. The number of carbonyl (C=O) groups is 2. The average Bonchev–Trinajstić information content (AvgIpc) is 3.57. The van der Waals surface area contributed by atoms with Crippen LogP contribution in [0.5, 0.6) is 0 Å². The summed E-state index contributed by atoms with van der Waals surface area (Å²) in [4.78, 5) is 26.7. The third-order valence-electron chi connectivity index (χ3n) is 8.00. The van der Waals surface area contributed by atoms with E-state index in [1.807, 2.05) is 13.8 Å². The standard InChI is InChI=1S/C20H20O8/c1-4-7-8-9(13(23)16-15(27-16)12(8)22)19(26-4)20-6(3-25-5(2)10(7)20)11(21)14-17(28-14)18(20)24/h3-5,7,10-11,13-17,19,21,23H,1-2H3/t4-,5+,7-,10-,11-,13-,14-,15+,16-,17-,19+,20-/m1/s1. The van der Waals surface area contributed by atoms with Crippen LogP contribution < -0.4 is 0 Å². The molecule has 8 aliphatic rings. The highest BCUT2D eigenvalue weighted by Crippen LogP contribution is 2.67. The number of hydrogen-bond donors (Lipinski definition) is 2. The number of fused-ring (bicyclic) bond motifs is 3. The fourth-order valence-electron chi connectivity index (χ4n) is 6.86. The molecule has 8 nitrogen and oxygen atoms in total. The van der Waals surface area contributed by atoms with Crippen molar-refractivity contribution in [3.63, 3.8) is 0 Å². The van der Waals surface area contributed by atoms with Crippen molar-refractivity contribution in [1.82, 2.24) is 0 Å². The lowest BCUT2D eigenvalue weighted by Gasteiger charge is -2.63. The maximum absolute atomic E-state index is 13.7. The van der Waals surface area contributed by atoms with E-state index in [0.29, 0.717) is 16.7 Å². The molecule has 3 saturated heterocycles. The van der Waals surface area contributed by atoms with E-state index in [-0.39, 0.29) is 29.7 Å². The van der Waals surface area contributed by atoms with Gasteiger partial charge in [0.05, 0.1) is 30.0 Å². The second kappa shape index (κ2) is 4.60. The minimum absolute atomic E-state index is 0.113. The van der Waals surface area contributed by atoms with Gasteiger partial charge in [-0.1, -0.05) is 0 Å². The molecule has 0 radical (unpaired) electrons. The van der Waals surface area contributed by atoms with Crippen molar-refractivity contribution in [3.8, 4) is 0 Å². The zero-order chi connectivity index (χ0) is 19.3. The van der Waals surface area contributed by atoms with Crippen LogP contribution in [0.2, 0.25) is 0 Å². The predicted molar refractivity (Wildman–Crippen MR) is 88.8 cm³/mol. The highest BCUT2D eigenvalue weighted by Gasteiger charge is 2.78. The Morgan fingerprint density at radius 1 is 0.964 bits per heavy atom. The van der Waals surface area contributed by atoms with E-state index in [1.165, 1.54) is 6.26 Å². The van der Waals surface area contributed by atoms with Gasteiger partial charge in [-0.05, 0) is 19.4 Å². The van der Waals surface area contributed by atoms with Crippen LogP contribution in [0.3, 0.4) is 0 Å². The van der Waals surface area contributed by atoms with Gasteiger partial charge in [0.2, 0.25) is 0 Å². The van der Waals surface area contributed by atoms with Gasteiger partial charge in [0.15, 0.2) is 11.6 Å². The van der Waals surface area contributed by atoms with Crippen LogP contribution in [0.15, 0.2) is 23.0 Å². The summed E-state index contributed by atoms with van der Waals surface area (Å²) >= 11 is 0. The Morgan fingerprint density at radius 3 is 2.46 bits per heavy atom. The molecule has 0 aromatic heterocycles. The van der Waals surface area contributed by atoms with Gasteiger partial charge >= 0.3 is 0 Å². The topological polar surface area (TPSA) is 118 Å². The summed E-state index contributed by atoms with van der Waals surface area (Å²) in [6.07, 6.45) is -4.40. The number of rotatable bonds is 0. The Kier molecular flexibility index (Phi) is 2.67. The molecule has 8 heteroatoms. The summed E-state index contributed by atoms with van der Waals surface area (Å²) in [7, 11) is 0. The van der Waals surface area contributed by atoms with E-state index in [2.05, 4.69) is 0 Å². The molecule has 5 aliphatic heterocycles. The number of carbonyl (C=O) groups excluding carboxylic acids is 2. The lowest BCUT2D eigenvalue weighted by atomic mass is 9.45. The molecule has 28 heavy (non-hydrogen) atoms. The van der Waals surface area contributed by atoms with E-state index >= 15 is 0 Å². The largest absolute Gasteiger partial charge is 0.498 e. The summed E-state index contributed by atoms with van der Waals surface area (Å²) in [5, 5.41) is 21.8. The van der Waals surface area contributed by atoms with E-state index in [1.54, 1.807) is 0 Å². The van der Waals surface area contributed by atoms with Crippen molar-refractivity contribution in [2.24, 2.45) is 17.3 Å². The number of aliphatic hydroxyl groups excluding tert-OH is 2. The number of ketones is 2. The SMILES string of the molecule is C[C@@H]1OC=C2[C@@H](O)[C@H]3O[C@H]3C(=O)[C@]23[C@H]1[C@H]1C2=C([C@@H](O)[C@H]4O[C@H]4C2=O)[C@@H]3O[C@@H]1C. The van der Waals surface area contributed by atoms with Gasteiger partial charge in [0, 0.05) is 23.0 Å². The summed E-state index contributed by atoms with van der Waals surface area (Å²) < 4.78 is 23.1. The lowest BCUT2D eigenvalue weighted by Crippen LogP contribution is -2.72. The monoisotopic (exact) mass is 388 g/mol. The zero-order valence-electron chi connectivity index (χ0n) is 15.3. The van der Waals surface area contributed by atoms with Crippen molar-refractivity contribution >= 4 is 11.6 Å². The molecule has 0 unspecified atom stereocenters. The third kappa shape index (κ3) is 1.47. The fourth-order valence-corrected chi connectivity index (χ4v) is 6.86. The van der Waals surface area contributed by atoms with Crippen molar-refractivity contribution < 1.29 is 38.7 Å². The summed E-state index contributed by atoms with van der Waals surface area (Å²) in [5.74, 6) is -1.05. The Bertz CT molecular complexity index is 921. The molecule has 3 aliphatic carbocycles. The van der Waals surface area contributed by atoms with Gasteiger partial charge in [0.25, 0.3) is 0 Å². The molecular weight excluding hydrogens is 368 g/mol. The van der Waals surface area contributed by atoms with Gasteiger partial charge in [-0.2, -0.15) is 0 Å². The minimum atomic E-state index is -1.19. The number of hydrogen-bond acceptors (Lipinski definition) is 8. The van der Waals surface area contributed by atoms with Gasteiger partial charge in [-0.25, -0.2) is 0 Å². The number of aliphatic hydroxyl groups is 2. The maximum atomic E-state index is 13.7. The van der Waals surface area contributed by atoms with E-state index in [9.17, 15) is 19.8 Å². The van der Waals surface area contributed by atoms with Crippen LogP contribution in [-0.2, 0) is 28.5 Å². The van der Waals surface area contributed by atoms with Crippen LogP contribution in [-0.4, -0.2) is 76.7 Å². The van der Waals surface area contributed by atoms with Gasteiger partial charge < -0.3 is 29.2 Å². The smallest absolute Gasteiger partial charge is 0.190 e. The van der Waals surface area contributed by atoms with Crippen LogP contribution in [0, 0.1) is 17.3 Å². The number of Topliss-reactive ketones (excluding diaryl/α,β-unsaturated/α-hetero) is 2. The molecule has 2 N–H and O–H groups in total. The van der Waals surface area contributed by atoms with Gasteiger partial charge in [-0.15, -0.1) is 0 Å². The second-order valence-corrected chi connectivity index (χ2v) is 9.09. The molecule has 4 fully saturated rings. The predicted octanol–water partition coefficient (Wildman–Crippen LogP) is -0.973. The van der Waals surface area contributed by atoms with E-state index in [0.717, 1.165) is 0 Å². The Morgan fingerprint density at radius 2 is 1.68 bits per heavy atom. The molecule has 8 rings (SSSR count). The Hall–Kier alpha value is -1.58. The summed E-state index contributed by atoms with van der Waals surface area (Å²) in [5.41, 5.74) is 0.269. The molecule has 1 saturated carbocycles. The van der Waals surface area contributed by atoms with Gasteiger partial charge in [0.1, 0.15) is 36.6 Å². The molecule has 12 atom stereocenters. The maximum Gasteiger partial charge on any atom is 0.190 e. The highest BCUT2D eigenvalue weighted by atomic mass is 16.6. The third-order valence-corrected chi connectivity index (χ3v) is 8.00. The van der Waals surface area contributed by atoms with Crippen LogP contribution in [0.25, 0.3) is 0 Å². The molecular formula is C20H20O8. The van der Waals surface area contributed by atoms with Crippen molar-refractivity contribution in [3.05, 3.63) is 23.0 Å². The van der Waals surface area contributed by atoms with E-state index < -0.39 is 54.1 Å². The molecule has 5 heterocycles. The van der Waals surface area contributed by atoms with Crippen LogP contribution in [0.4, 0.5) is 0 Å². The first kappa shape index (κ1) is 16.2. The molecule has 0 aromatic carbocycles. The molecule has 0 aromatic rings. The molecule has 2 bridgehead atoms. The van der Waals surface area contributed by atoms with Crippen LogP contribution >= 0.6 is 0 Å². The summed E-state index contributed by atoms with van der Waals surface area (Å²) in [6, 6.07) is 0. The van der Waals surface area contributed by atoms with Gasteiger partial charge in [-0.3, -0.25) is 9.59 Å². The van der Waals surface area contributed by atoms with Crippen molar-refractivity contribution in [1.29, 1.82) is 0 Å². The zero-order valence-corrected chi connectivity index (χ0v) is 15.3. The quantitative estimate of drug-likeness (QED) is 0.509. The number of ether oxygens (including phenoxy) is 4. The second-order valence-electron chi connectivity index (χ2n) is 9.09. The number of epoxide rings is 2. The Balaban J connectivity index is 1.52. The van der Waals surface area contributed by atoms with Crippen molar-refractivity contribution in [2.75, 3.05) is 0 Å².